The van der Waals surface area contributed by atoms with Crippen molar-refractivity contribution in [3.8, 4) is 0 Å². The molecule has 2 nitrogen and oxygen atoms in total. The average molecular weight is 280 g/mol. The average Bonchev–Trinajstić information content (AvgIpc) is 2.32. The van der Waals surface area contributed by atoms with Gasteiger partial charge in [-0.1, -0.05) is 11.6 Å². The maximum atomic E-state index is 13.6. The van der Waals surface area contributed by atoms with Crippen LogP contribution in [0, 0.1) is 11.7 Å². The number of hydrogen-bond acceptors (Lipinski definition) is 2. The molecule has 0 unspecified atom stereocenters. The van der Waals surface area contributed by atoms with Crippen LogP contribution in [0.5, 0.6) is 0 Å². The molecule has 1 aliphatic rings. The van der Waals surface area contributed by atoms with Gasteiger partial charge in [0.2, 0.25) is 0 Å². The molecule has 0 bridgehead atoms. The van der Waals surface area contributed by atoms with E-state index in [-0.39, 0.29) is 30.2 Å². The first-order valence-electron chi connectivity index (χ1n) is 5.47. The largest absolute Gasteiger partial charge is 0.381 e. The summed E-state index contributed by atoms with van der Waals surface area (Å²) in [5.74, 6) is 0.00473. The van der Waals surface area contributed by atoms with Crippen molar-refractivity contribution < 1.29 is 9.13 Å². The molecular weight excluding hydrogens is 264 g/mol. The van der Waals surface area contributed by atoms with Crippen LogP contribution in [0.25, 0.3) is 0 Å². The summed E-state index contributed by atoms with van der Waals surface area (Å²) in [6.07, 6.45) is 1.76. The van der Waals surface area contributed by atoms with Crippen molar-refractivity contribution in [3.63, 3.8) is 0 Å². The van der Waals surface area contributed by atoms with Crippen molar-refractivity contribution in [1.29, 1.82) is 0 Å². The molecule has 0 aliphatic carbocycles. The fourth-order valence-electron chi connectivity index (χ4n) is 2.10. The van der Waals surface area contributed by atoms with E-state index in [0.717, 1.165) is 12.8 Å². The van der Waals surface area contributed by atoms with Crippen molar-refractivity contribution in [1.82, 2.24) is 0 Å². The molecular formula is C12H16Cl2FNO. The molecule has 1 saturated heterocycles. The Morgan fingerprint density at radius 1 is 1.35 bits per heavy atom. The molecule has 96 valence electrons. The fraction of sp³-hybridized carbons (Fsp3) is 0.500. The Hall–Kier alpha value is -0.350. The van der Waals surface area contributed by atoms with Gasteiger partial charge in [0.1, 0.15) is 5.82 Å². The Bertz CT molecular complexity index is 370. The van der Waals surface area contributed by atoms with Crippen molar-refractivity contribution in [2.24, 2.45) is 11.7 Å². The van der Waals surface area contributed by atoms with Crippen LogP contribution in [-0.2, 0) is 4.74 Å². The van der Waals surface area contributed by atoms with Gasteiger partial charge in [0.25, 0.3) is 0 Å². The molecule has 2 N–H and O–H groups in total. The van der Waals surface area contributed by atoms with E-state index < -0.39 is 0 Å². The maximum Gasteiger partial charge on any atom is 0.128 e. The Balaban J connectivity index is 0.00000144. The van der Waals surface area contributed by atoms with E-state index in [4.69, 9.17) is 22.1 Å². The van der Waals surface area contributed by atoms with E-state index in [1.807, 2.05) is 0 Å². The van der Waals surface area contributed by atoms with Crippen LogP contribution in [0.15, 0.2) is 18.2 Å². The predicted molar refractivity (Wildman–Crippen MR) is 69.1 cm³/mol. The lowest BCUT2D eigenvalue weighted by molar-refractivity contribution is 0.0580. The Morgan fingerprint density at radius 3 is 2.65 bits per heavy atom. The van der Waals surface area contributed by atoms with Crippen LogP contribution in [-0.4, -0.2) is 13.2 Å². The fourth-order valence-corrected chi connectivity index (χ4v) is 2.28. The van der Waals surface area contributed by atoms with Gasteiger partial charge in [0.05, 0.1) is 0 Å². The van der Waals surface area contributed by atoms with E-state index >= 15 is 0 Å². The quantitative estimate of drug-likeness (QED) is 0.901. The van der Waals surface area contributed by atoms with Gasteiger partial charge >= 0.3 is 0 Å². The minimum atomic E-state index is -0.289. The molecule has 17 heavy (non-hydrogen) atoms. The molecule has 5 heteroatoms. The number of ether oxygens (including phenoxy) is 1. The van der Waals surface area contributed by atoms with Crippen molar-refractivity contribution in [2.75, 3.05) is 13.2 Å². The van der Waals surface area contributed by atoms with Gasteiger partial charge in [0, 0.05) is 29.8 Å². The lowest BCUT2D eigenvalue weighted by Crippen LogP contribution is -2.28. The molecule has 1 heterocycles. The summed E-state index contributed by atoms with van der Waals surface area (Å²) in [4.78, 5) is 0. The molecule has 2 rings (SSSR count). The molecule has 1 fully saturated rings. The second-order valence-corrected chi connectivity index (χ2v) is 4.58. The highest BCUT2D eigenvalue weighted by atomic mass is 35.5. The molecule has 0 radical (unpaired) electrons. The van der Waals surface area contributed by atoms with Crippen LogP contribution in [0.2, 0.25) is 5.02 Å². The maximum absolute atomic E-state index is 13.6. The summed E-state index contributed by atoms with van der Waals surface area (Å²) in [6.45, 7) is 1.42. The third-order valence-corrected chi connectivity index (χ3v) is 3.33. The second kappa shape index (κ2) is 6.55. The van der Waals surface area contributed by atoms with Gasteiger partial charge in [-0.25, -0.2) is 4.39 Å². The van der Waals surface area contributed by atoms with Gasteiger partial charge in [-0.3, -0.25) is 0 Å². The Morgan fingerprint density at radius 2 is 2.00 bits per heavy atom. The standard InChI is InChI=1S/C12H15ClFNO.ClH/c13-9-1-2-11(14)10(7-9)12(15)8-3-5-16-6-4-8;/h1-2,7-8,12H,3-6,15H2;1H/t12-;/m1./s1. The van der Waals surface area contributed by atoms with Crippen LogP contribution >= 0.6 is 24.0 Å². The van der Waals surface area contributed by atoms with Crippen molar-refractivity contribution in [2.45, 2.75) is 18.9 Å². The first kappa shape index (κ1) is 14.7. The number of rotatable bonds is 2. The summed E-state index contributed by atoms with van der Waals surface area (Å²) in [5.41, 5.74) is 6.60. The highest BCUT2D eigenvalue weighted by Gasteiger charge is 2.24. The van der Waals surface area contributed by atoms with Crippen LogP contribution in [0.4, 0.5) is 4.39 Å². The van der Waals surface area contributed by atoms with Gasteiger partial charge < -0.3 is 10.5 Å². The van der Waals surface area contributed by atoms with Crippen LogP contribution < -0.4 is 5.73 Å². The predicted octanol–water partition coefficient (Wildman–Crippen LogP) is 3.33. The summed E-state index contributed by atoms with van der Waals surface area (Å²) in [7, 11) is 0. The minimum Gasteiger partial charge on any atom is -0.381 e. The Labute approximate surface area is 112 Å². The second-order valence-electron chi connectivity index (χ2n) is 4.14. The summed E-state index contributed by atoms with van der Waals surface area (Å²) >= 11 is 5.85. The van der Waals surface area contributed by atoms with Crippen LogP contribution in [0.3, 0.4) is 0 Å². The zero-order chi connectivity index (χ0) is 11.5. The molecule has 1 aliphatic heterocycles. The number of nitrogens with two attached hydrogens (primary N) is 1. The lowest BCUT2D eigenvalue weighted by atomic mass is 9.87. The van der Waals surface area contributed by atoms with E-state index in [1.165, 1.54) is 12.1 Å². The molecule has 1 aromatic rings. The highest BCUT2D eigenvalue weighted by Crippen LogP contribution is 2.30. The smallest absolute Gasteiger partial charge is 0.128 e. The topological polar surface area (TPSA) is 35.2 Å². The summed E-state index contributed by atoms with van der Waals surface area (Å²) in [6, 6.07) is 4.24. The Kier molecular flexibility index (Phi) is 5.67. The third kappa shape index (κ3) is 3.55. The van der Waals surface area contributed by atoms with E-state index in [2.05, 4.69) is 0 Å². The van der Waals surface area contributed by atoms with Gasteiger partial charge in [-0.05, 0) is 37.0 Å². The van der Waals surface area contributed by atoms with E-state index in [9.17, 15) is 4.39 Å². The molecule has 0 amide bonds. The highest BCUT2D eigenvalue weighted by molar-refractivity contribution is 6.30. The molecule has 0 spiro atoms. The van der Waals surface area contributed by atoms with Crippen molar-refractivity contribution >= 4 is 24.0 Å². The number of hydrogen-bond donors (Lipinski definition) is 1. The van der Waals surface area contributed by atoms with Crippen molar-refractivity contribution in [3.05, 3.63) is 34.6 Å². The SMILES string of the molecule is Cl.N[C@@H](c1cc(Cl)ccc1F)C1CCOCC1. The monoisotopic (exact) mass is 279 g/mol. The number of benzene rings is 1. The van der Waals surface area contributed by atoms with Gasteiger partial charge in [-0.2, -0.15) is 0 Å². The molecule has 1 atom stereocenters. The van der Waals surface area contributed by atoms with Gasteiger partial charge in [-0.15, -0.1) is 12.4 Å². The molecule has 0 saturated carbocycles. The van der Waals surface area contributed by atoms with Gasteiger partial charge in [0.15, 0.2) is 0 Å². The normalized spacial score (nSPS) is 18.5. The third-order valence-electron chi connectivity index (χ3n) is 3.09. The zero-order valence-electron chi connectivity index (χ0n) is 9.36. The zero-order valence-corrected chi connectivity index (χ0v) is 10.9. The first-order chi connectivity index (χ1) is 7.68. The lowest BCUT2D eigenvalue weighted by Gasteiger charge is -2.28. The first-order valence-corrected chi connectivity index (χ1v) is 5.84. The minimum absolute atomic E-state index is 0. The summed E-state index contributed by atoms with van der Waals surface area (Å²) < 4.78 is 18.9. The van der Waals surface area contributed by atoms with E-state index in [1.54, 1.807) is 6.07 Å². The molecule has 0 aromatic heterocycles. The number of halogens is 3. The van der Waals surface area contributed by atoms with E-state index in [0.29, 0.717) is 23.8 Å². The molecule has 1 aromatic carbocycles. The summed E-state index contributed by atoms with van der Waals surface area (Å²) in [5, 5.41) is 0.527. The van der Waals surface area contributed by atoms with Crippen LogP contribution in [0.1, 0.15) is 24.4 Å².